The number of carbonyl (C=O) groups excluding carboxylic acids is 1. The Hall–Kier alpha value is -2.46. The van der Waals surface area contributed by atoms with Gasteiger partial charge >= 0.3 is 0 Å². The third-order valence-corrected chi connectivity index (χ3v) is 3.68. The van der Waals surface area contributed by atoms with Crippen molar-refractivity contribution in [3.05, 3.63) is 71.7 Å². The summed E-state index contributed by atoms with van der Waals surface area (Å²) in [6, 6.07) is 18.8. The van der Waals surface area contributed by atoms with Crippen LogP contribution in [0.2, 0.25) is 0 Å². The van der Waals surface area contributed by atoms with Crippen molar-refractivity contribution >= 4 is 22.9 Å². The van der Waals surface area contributed by atoms with Crippen molar-refractivity contribution in [2.24, 2.45) is 0 Å². The smallest absolute Gasteiger partial charge is 0.274 e. The van der Waals surface area contributed by atoms with Crippen LogP contribution in [0.25, 0.3) is 10.6 Å². The maximum Gasteiger partial charge on any atom is 0.274 e. The lowest BCUT2D eigenvalue weighted by Crippen LogP contribution is -2.13. The highest BCUT2D eigenvalue weighted by Crippen LogP contribution is 2.22. The van der Waals surface area contributed by atoms with Crippen LogP contribution in [0.3, 0.4) is 0 Å². The fourth-order valence-corrected chi connectivity index (χ4v) is 2.53. The zero-order chi connectivity index (χ0) is 13.8. The molecular weight excluding hydrogens is 268 g/mol. The molecule has 4 heteroatoms. The molecule has 3 aromatic rings. The fraction of sp³-hybridized carbons (Fsp3) is 0. The summed E-state index contributed by atoms with van der Waals surface area (Å²) >= 11 is 1.61. The number of hydrogen-bond acceptors (Lipinski definition) is 3. The Labute approximate surface area is 120 Å². The summed E-state index contributed by atoms with van der Waals surface area (Å²) in [5.41, 5.74) is 2.00. The lowest BCUT2D eigenvalue weighted by Gasteiger charge is -2.05. The van der Waals surface area contributed by atoms with Crippen LogP contribution in [0.15, 0.2) is 66.0 Å². The molecule has 0 radical (unpaired) electrons. The van der Waals surface area contributed by atoms with E-state index in [1.165, 1.54) is 0 Å². The number of rotatable bonds is 3. The Morgan fingerprint density at radius 2 is 1.80 bits per heavy atom. The van der Waals surface area contributed by atoms with Gasteiger partial charge < -0.3 is 5.32 Å². The first-order chi connectivity index (χ1) is 9.83. The van der Waals surface area contributed by atoms with Crippen LogP contribution < -0.4 is 5.32 Å². The number of para-hydroxylation sites is 1. The topological polar surface area (TPSA) is 42.0 Å². The van der Waals surface area contributed by atoms with E-state index in [-0.39, 0.29) is 5.91 Å². The molecule has 0 fully saturated rings. The van der Waals surface area contributed by atoms with E-state index in [1.54, 1.807) is 17.4 Å². The second-order valence-corrected chi connectivity index (χ2v) is 5.15. The summed E-state index contributed by atoms with van der Waals surface area (Å²) in [6.45, 7) is 0. The van der Waals surface area contributed by atoms with E-state index in [4.69, 9.17) is 0 Å². The van der Waals surface area contributed by atoms with Gasteiger partial charge in [0.1, 0.15) is 5.69 Å². The van der Waals surface area contributed by atoms with Crippen LogP contribution in [0.1, 0.15) is 10.5 Å². The van der Waals surface area contributed by atoms with Crippen LogP contribution in [0.4, 0.5) is 5.69 Å². The Bertz CT molecular complexity index is 708. The second-order valence-electron chi connectivity index (χ2n) is 4.21. The van der Waals surface area contributed by atoms with Gasteiger partial charge in [0.2, 0.25) is 0 Å². The zero-order valence-corrected chi connectivity index (χ0v) is 11.4. The van der Waals surface area contributed by atoms with Gasteiger partial charge in [-0.1, -0.05) is 30.3 Å². The van der Waals surface area contributed by atoms with Gasteiger partial charge in [0.15, 0.2) is 0 Å². The number of thiophene rings is 1. The highest BCUT2D eigenvalue weighted by molar-refractivity contribution is 7.13. The lowest BCUT2D eigenvalue weighted by atomic mass is 10.2. The summed E-state index contributed by atoms with van der Waals surface area (Å²) < 4.78 is 0. The molecule has 20 heavy (non-hydrogen) atoms. The van der Waals surface area contributed by atoms with Gasteiger partial charge in [0.05, 0.1) is 10.6 Å². The van der Waals surface area contributed by atoms with E-state index < -0.39 is 0 Å². The van der Waals surface area contributed by atoms with Crippen molar-refractivity contribution in [2.45, 2.75) is 0 Å². The maximum absolute atomic E-state index is 12.2. The van der Waals surface area contributed by atoms with Crippen LogP contribution in [0.5, 0.6) is 0 Å². The second kappa shape index (κ2) is 5.67. The number of nitrogens with one attached hydrogen (secondary N) is 1. The molecule has 0 saturated heterocycles. The number of anilines is 1. The average molecular weight is 280 g/mol. The molecule has 0 aliphatic heterocycles. The molecular formula is C16H12N2OS. The third-order valence-electron chi connectivity index (χ3n) is 2.79. The highest BCUT2D eigenvalue weighted by Gasteiger charge is 2.09. The Morgan fingerprint density at radius 3 is 2.55 bits per heavy atom. The fourth-order valence-electron chi connectivity index (χ4n) is 1.84. The minimum atomic E-state index is -0.199. The number of nitrogens with zero attached hydrogens (tertiary/aromatic N) is 1. The van der Waals surface area contributed by atoms with Gasteiger partial charge in [-0.25, -0.2) is 4.98 Å². The molecule has 3 rings (SSSR count). The maximum atomic E-state index is 12.2. The Balaban J connectivity index is 1.84. The first-order valence-corrected chi connectivity index (χ1v) is 7.08. The first-order valence-electron chi connectivity index (χ1n) is 6.20. The van der Waals surface area contributed by atoms with Gasteiger partial charge in [-0.2, -0.15) is 0 Å². The molecule has 0 aliphatic rings. The van der Waals surface area contributed by atoms with Gasteiger partial charge in [0.25, 0.3) is 5.91 Å². The standard InChI is InChI=1S/C16H12N2OS/c19-16(17-12-6-2-1-3-7-12)14-9-4-8-13(18-14)15-10-5-11-20-15/h1-11H,(H,17,19). The van der Waals surface area contributed by atoms with E-state index in [0.29, 0.717) is 5.69 Å². The predicted octanol–water partition coefficient (Wildman–Crippen LogP) is 4.06. The molecule has 98 valence electrons. The van der Waals surface area contributed by atoms with E-state index >= 15 is 0 Å². The summed E-state index contributed by atoms with van der Waals surface area (Å²) in [7, 11) is 0. The molecule has 1 N–H and O–H groups in total. The molecule has 1 aromatic carbocycles. The van der Waals surface area contributed by atoms with E-state index in [2.05, 4.69) is 10.3 Å². The molecule has 2 aromatic heterocycles. The summed E-state index contributed by atoms with van der Waals surface area (Å²) in [6.07, 6.45) is 0. The predicted molar refractivity (Wildman–Crippen MR) is 81.9 cm³/mol. The van der Waals surface area contributed by atoms with Crippen molar-refractivity contribution in [1.29, 1.82) is 0 Å². The summed E-state index contributed by atoms with van der Waals surface area (Å²) in [5, 5.41) is 4.83. The molecule has 0 aliphatic carbocycles. The van der Waals surface area contributed by atoms with Crippen molar-refractivity contribution in [3.8, 4) is 10.6 Å². The third kappa shape index (κ3) is 2.75. The molecule has 0 unspecified atom stereocenters. The van der Waals surface area contributed by atoms with E-state index in [0.717, 1.165) is 16.3 Å². The average Bonchev–Trinajstić information content (AvgIpc) is 3.03. The SMILES string of the molecule is O=C(Nc1ccccc1)c1cccc(-c2cccs2)n1. The highest BCUT2D eigenvalue weighted by atomic mass is 32.1. The summed E-state index contributed by atoms with van der Waals surface area (Å²) in [5.74, 6) is -0.199. The van der Waals surface area contributed by atoms with E-state index in [9.17, 15) is 4.79 Å². The van der Waals surface area contributed by atoms with Crippen molar-refractivity contribution < 1.29 is 4.79 Å². The molecule has 3 nitrogen and oxygen atoms in total. The number of aromatic nitrogens is 1. The lowest BCUT2D eigenvalue weighted by molar-refractivity contribution is 0.102. The molecule has 0 bridgehead atoms. The molecule has 0 spiro atoms. The van der Waals surface area contributed by atoms with Crippen molar-refractivity contribution in [1.82, 2.24) is 4.98 Å². The number of amides is 1. The van der Waals surface area contributed by atoms with Crippen LogP contribution in [-0.4, -0.2) is 10.9 Å². The van der Waals surface area contributed by atoms with Crippen molar-refractivity contribution in [2.75, 3.05) is 5.32 Å². The molecule has 0 saturated carbocycles. The summed E-state index contributed by atoms with van der Waals surface area (Å²) in [4.78, 5) is 17.6. The van der Waals surface area contributed by atoms with Gasteiger partial charge in [-0.05, 0) is 35.7 Å². The number of pyridine rings is 1. The van der Waals surface area contributed by atoms with Gasteiger partial charge in [-0.15, -0.1) is 11.3 Å². The largest absolute Gasteiger partial charge is 0.321 e. The quantitative estimate of drug-likeness (QED) is 0.786. The Kier molecular flexibility index (Phi) is 3.56. The van der Waals surface area contributed by atoms with Gasteiger partial charge in [0, 0.05) is 5.69 Å². The molecule has 2 heterocycles. The normalized spacial score (nSPS) is 10.2. The Morgan fingerprint density at radius 1 is 0.950 bits per heavy atom. The van der Waals surface area contributed by atoms with Crippen LogP contribution >= 0.6 is 11.3 Å². The monoisotopic (exact) mass is 280 g/mol. The number of carbonyl (C=O) groups is 1. The zero-order valence-electron chi connectivity index (χ0n) is 10.6. The number of benzene rings is 1. The van der Waals surface area contributed by atoms with Crippen LogP contribution in [-0.2, 0) is 0 Å². The number of hydrogen-bond donors (Lipinski definition) is 1. The van der Waals surface area contributed by atoms with E-state index in [1.807, 2.05) is 60.0 Å². The molecule has 1 amide bonds. The minimum absolute atomic E-state index is 0.199. The minimum Gasteiger partial charge on any atom is -0.321 e. The van der Waals surface area contributed by atoms with Gasteiger partial charge in [-0.3, -0.25) is 4.79 Å². The van der Waals surface area contributed by atoms with Crippen LogP contribution in [0, 0.1) is 0 Å². The first kappa shape index (κ1) is 12.6. The van der Waals surface area contributed by atoms with Crippen molar-refractivity contribution in [3.63, 3.8) is 0 Å². The molecule has 0 atom stereocenters.